The summed E-state index contributed by atoms with van der Waals surface area (Å²) in [6.07, 6.45) is 0.511. The second-order valence-electron chi connectivity index (χ2n) is 4.01. The molecule has 0 aliphatic heterocycles. The summed E-state index contributed by atoms with van der Waals surface area (Å²) in [5.41, 5.74) is 6.29. The van der Waals surface area contributed by atoms with E-state index in [9.17, 15) is 9.59 Å². The molecule has 1 aromatic carbocycles. The molecule has 1 amide bonds. The molecule has 1 aromatic rings. The fourth-order valence-electron chi connectivity index (χ4n) is 1.49. The summed E-state index contributed by atoms with van der Waals surface area (Å²) in [6.45, 7) is 2.14. The molecule has 5 nitrogen and oxygen atoms in total. The van der Waals surface area contributed by atoms with Gasteiger partial charge < -0.3 is 15.8 Å². The Hall–Kier alpha value is -1.30. The van der Waals surface area contributed by atoms with Crippen molar-refractivity contribution >= 4 is 35.1 Å². The number of hydrogen-bond donors (Lipinski definition) is 2. The molecule has 1 rings (SSSR count). The largest absolute Gasteiger partial charge is 0.464 e. The third-order valence-electron chi connectivity index (χ3n) is 2.53. The van der Waals surface area contributed by atoms with Crippen LogP contribution in [0.4, 0.5) is 0 Å². The molecule has 20 heavy (non-hydrogen) atoms. The van der Waals surface area contributed by atoms with Gasteiger partial charge in [0.05, 0.1) is 6.61 Å². The van der Waals surface area contributed by atoms with E-state index in [4.69, 9.17) is 28.9 Å². The van der Waals surface area contributed by atoms with Crippen LogP contribution >= 0.6 is 23.2 Å². The van der Waals surface area contributed by atoms with Crippen molar-refractivity contribution < 1.29 is 14.3 Å². The molecule has 0 fully saturated rings. The van der Waals surface area contributed by atoms with Gasteiger partial charge in [-0.05, 0) is 31.0 Å². The molecular formula is C13H16Cl2N2O3. The number of halogens is 2. The Kier molecular flexibility index (Phi) is 6.78. The normalized spacial score (nSPS) is 11.8. The fraction of sp³-hybridized carbons (Fsp3) is 0.385. The highest BCUT2D eigenvalue weighted by molar-refractivity contribution is 6.35. The van der Waals surface area contributed by atoms with Gasteiger partial charge in [0.2, 0.25) is 5.91 Å². The molecule has 0 aliphatic carbocycles. The SMILES string of the molecule is CCOC(=O)C(N)C(=O)NCCc1ccc(Cl)cc1Cl. The summed E-state index contributed by atoms with van der Waals surface area (Å²) < 4.78 is 4.66. The topological polar surface area (TPSA) is 81.4 Å². The Labute approximate surface area is 127 Å². The predicted octanol–water partition coefficient (Wildman–Crippen LogP) is 1.54. The molecule has 3 N–H and O–H groups in total. The number of ether oxygens (including phenoxy) is 1. The van der Waals surface area contributed by atoms with E-state index >= 15 is 0 Å². The van der Waals surface area contributed by atoms with Crippen LogP contribution in [-0.4, -0.2) is 31.1 Å². The van der Waals surface area contributed by atoms with Crippen molar-refractivity contribution in [3.05, 3.63) is 33.8 Å². The lowest BCUT2D eigenvalue weighted by Crippen LogP contribution is -2.47. The zero-order chi connectivity index (χ0) is 15.1. The van der Waals surface area contributed by atoms with Gasteiger partial charge in [-0.15, -0.1) is 0 Å². The second kappa shape index (κ2) is 8.09. The lowest BCUT2D eigenvalue weighted by molar-refractivity contribution is -0.147. The van der Waals surface area contributed by atoms with Crippen LogP contribution in [0.5, 0.6) is 0 Å². The molecule has 0 spiro atoms. The van der Waals surface area contributed by atoms with Crippen molar-refractivity contribution in [2.45, 2.75) is 19.4 Å². The summed E-state index contributed by atoms with van der Waals surface area (Å²) in [7, 11) is 0. The Morgan fingerprint density at radius 2 is 2.10 bits per heavy atom. The zero-order valence-electron chi connectivity index (χ0n) is 11.0. The van der Waals surface area contributed by atoms with Crippen LogP contribution in [0, 0.1) is 0 Å². The maximum absolute atomic E-state index is 11.6. The number of amides is 1. The van der Waals surface area contributed by atoms with Crippen LogP contribution < -0.4 is 11.1 Å². The van der Waals surface area contributed by atoms with Crippen molar-refractivity contribution in [3.63, 3.8) is 0 Å². The first kappa shape index (κ1) is 16.8. The molecular weight excluding hydrogens is 303 g/mol. The molecule has 7 heteroatoms. The van der Waals surface area contributed by atoms with Gasteiger partial charge >= 0.3 is 5.97 Å². The minimum atomic E-state index is -1.31. The lowest BCUT2D eigenvalue weighted by atomic mass is 10.1. The Morgan fingerprint density at radius 3 is 2.70 bits per heavy atom. The lowest BCUT2D eigenvalue weighted by Gasteiger charge is -2.11. The quantitative estimate of drug-likeness (QED) is 0.616. The van der Waals surface area contributed by atoms with Gasteiger partial charge in [0.1, 0.15) is 0 Å². The molecule has 0 saturated carbocycles. The van der Waals surface area contributed by atoms with Crippen molar-refractivity contribution in [2.24, 2.45) is 5.73 Å². The van der Waals surface area contributed by atoms with Gasteiger partial charge in [0.15, 0.2) is 6.04 Å². The summed E-state index contributed by atoms with van der Waals surface area (Å²) in [5.74, 6) is -1.32. The molecule has 0 saturated heterocycles. The van der Waals surface area contributed by atoms with Crippen LogP contribution in [0.3, 0.4) is 0 Å². The van der Waals surface area contributed by atoms with Crippen LogP contribution in [0.2, 0.25) is 10.0 Å². The number of benzene rings is 1. The van der Waals surface area contributed by atoms with Gasteiger partial charge in [-0.1, -0.05) is 29.3 Å². The zero-order valence-corrected chi connectivity index (χ0v) is 12.5. The molecule has 0 radical (unpaired) electrons. The number of nitrogens with two attached hydrogens (primary N) is 1. The number of carbonyl (C=O) groups excluding carboxylic acids is 2. The van der Waals surface area contributed by atoms with Gasteiger partial charge in [0.25, 0.3) is 0 Å². The number of esters is 1. The van der Waals surface area contributed by atoms with E-state index in [1.807, 2.05) is 0 Å². The molecule has 1 atom stereocenters. The average Bonchev–Trinajstić information content (AvgIpc) is 2.40. The summed E-state index contributed by atoms with van der Waals surface area (Å²) in [4.78, 5) is 22.9. The van der Waals surface area contributed by atoms with E-state index in [-0.39, 0.29) is 6.61 Å². The highest BCUT2D eigenvalue weighted by Gasteiger charge is 2.22. The molecule has 0 aliphatic rings. The van der Waals surface area contributed by atoms with Crippen molar-refractivity contribution in [3.8, 4) is 0 Å². The van der Waals surface area contributed by atoms with E-state index in [0.29, 0.717) is 23.0 Å². The van der Waals surface area contributed by atoms with Crippen LogP contribution in [0.15, 0.2) is 18.2 Å². The first-order valence-electron chi connectivity index (χ1n) is 6.09. The molecule has 110 valence electrons. The van der Waals surface area contributed by atoms with Gasteiger partial charge in [-0.3, -0.25) is 4.79 Å². The van der Waals surface area contributed by atoms with E-state index in [0.717, 1.165) is 5.56 Å². The van der Waals surface area contributed by atoms with Crippen molar-refractivity contribution in [1.82, 2.24) is 5.32 Å². The first-order valence-corrected chi connectivity index (χ1v) is 6.85. The molecule has 0 bridgehead atoms. The minimum absolute atomic E-state index is 0.181. The monoisotopic (exact) mass is 318 g/mol. The maximum Gasteiger partial charge on any atom is 0.332 e. The number of hydrogen-bond acceptors (Lipinski definition) is 4. The van der Waals surface area contributed by atoms with Gasteiger partial charge in [-0.2, -0.15) is 0 Å². The smallest absolute Gasteiger partial charge is 0.332 e. The highest BCUT2D eigenvalue weighted by atomic mass is 35.5. The summed E-state index contributed by atoms with van der Waals surface area (Å²) in [6, 6.07) is 3.82. The number of carbonyl (C=O) groups is 2. The predicted molar refractivity (Wildman–Crippen MR) is 77.8 cm³/mol. The Morgan fingerprint density at radius 1 is 1.40 bits per heavy atom. The number of nitrogens with one attached hydrogen (secondary N) is 1. The van der Waals surface area contributed by atoms with E-state index in [2.05, 4.69) is 10.1 Å². The van der Waals surface area contributed by atoms with Crippen LogP contribution in [0.1, 0.15) is 12.5 Å². The first-order chi connectivity index (χ1) is 9.45. The van der Waals surface area contributed by atoms with Crippen molar-refractivity contribution in [1.29, 1.82) is 0 Å². The van der Waals surface area contributed by atoms with E-state index in [1.54, 1.807) is 25.1 Å². The summed E-state index contributed by atoms with van der Waals surface area (Å²) >= 11 is 11.8. The Bertz CT molecular complexity index is 495. The number of rotatable bonds is 6. The minimum Gasteiger partial charge on any atom is -0.464 e. The standard InChI is InChI=1S/C13H16Cl2N2O3/c1-2-20-13(19)11(16)12(18)17-6-5-8-3-4-9(14)7-10(8)15/h3-4,7,11H,2,5-6,16H2,1H3,(H,17,18). The van der Waals surface area contributed by atoms with Gasteiger partial charge in [-0.25, -0.2) is 4.79 Å². The Balaban J connectivity index is 2.44. The highest BCUT2D eigenvalue weighted by Crippen LogP contribution is 2.20. The third kappa shape index (κ3) is 5.00. The van der Waals surface area contributed by atoms with E-state index < -0.39 is 17.9 Å². The maximum atomic E-state index is 11.6. The average molecular weight is 319 g/mol. The van der Waals surface area contributed by atoms with Crippen LogP contribution in [0.25, 0.3) is 0 Å². The molecule has 1 unspecified atom stereocenters. The van der Waals surface area contributed by atoms with Crippen molar-refractivity contribution in [2.75, 3.05) is 13.2 Å². The van der Waals surface area contributed by atoms with E-state index in [1.165, 1.54) is 0 Å². The summed E-state index contributed by atoms with van der Waals surface area (Å²) in [5, 5.41) is 3.63. The fourth-order valence-corrected chi connectivity index (χ4v) is 2.00. The molecule has 0 heterocycles. The second-order valence-corrected chi connectivity index (χ2v) is 4.85. The van der Waals surface area contributed by atoms with Crippen LogP contribution in [-0.2, 0) is 20.7 Å². The third-order valence-corrected chi connectivity index (χ3v) is 3.12. The van der Waals surface area contributed by atoms with Gasteiger partial charge in [0, 0.05) is 16.6 Å². The molecule has 0 aromatic heterocycles.